The standard InChI is InChI=1S/C52H99NO8/c1-3-5-7-9-11-13-14-15-16-17-18-19-20-21-22-23-24-25-26-27-28-29-30-31-32-33-34-35-37-39-41-46(55)45(53-48(56)42-40-38-36-12-10-8-6-4-2)44-60-52-51(59)50(58)49(57)47(43-54)61-52/h33-34,39,41,45-47,49-52,54-55,57-59H,3-32,35-38,40,42-44H2,1-2H3,(H,53,56)/b34-33+,41-39+. The fourth-order valence-corrected chi connectivity index (χ4v) is 8.35. The molecule has 1 heterocycles. The summed E-state index contributed by atoms with van der Waals surface area (Å²) in [6.45, 7) is 3.73. The van der Waals surface area contributed by atoms with Gasteiger partial charge in [0, 0.05) is 6.42 Å². The van der Waals surface area contributed by atoms with E-state index in [-0.39, 0.29) is 12.5 Å². The lowest BCUT2D eigenvalue weighted by molar-refractivity contribution is -0.302. The molecule has 1 saturated heterocycles. The van der Waals surface area contributed by atoms with Gasteiger partial charge in [-0.05, 0) is 32.1 Å². The van der Waals surface area contributed by atoms with Gasteiger partial charge in [-0.3, -0.25) is 4.79 Å². The maximum atomic E-state index is 12.9. The number of aliphatic hydroxyl groups is 5. The molecule has 7 atom stereocenters. The Balaban J connectivity index is 2.15. The van der Waals surface area contributed by atoms with Crippen LogP contribution >= 0.6 is 0 Å². The topological polar surface area (TPSA) is 149 Å². The van der Waals surface area contributed by atoms with E-state index >= 15 is 0 Å². The van der Waals surface area contributed by atoms with Crippen LogP contribution in [0.25, 0.3) is 0 Å². The largest absolute Gasteiger partial charge is 0.394 e. The predicted molar refractivity (Wildman–Crippen MR) is 253 cm³/mol. The van der Waals surface area contributed by atoms with E-state index in [1.807, 2.05) is 6.08 Å². The fourth-order valence-electron chi connectivity index (χ4n) is 8.35. The first-order chi connectivity index (χ1) is 29.8. The smallest absolute Gasteiger partial charge is 0.220 e. The second-order valence-electron chi connectivity index (χ2n) is 18.3. The molecule has 7 unspecified atom stereocenters. The van der Waals surface area contributed by atoms with Crippen LogP contribution in [0.4, 0.5) is 0 Å². The Labute approximate surface area is 375 Å². The minimum atomic E-state index is -1.57. The lowest BCUT2D eigenvalue weighted by atomic mass is 9.99. The highest BCUT2D eigenvalue weighted by Gasteiger charge is 2.44. The van der Waals surface area contributed by atoms with E-state index in [0.717, 1.165) is 38.5 Å². The second kappa shape index (κ2) is 42.6. The van der Waals surface area contributed by atoms with Gasteiger partial charge in [0.25, 0.3) is 0 Å². The van der Waals surface area contributed by atoms with Crippen molar-refractivity contribution in [2.45, 2.75) is 288 Å². The maximum Gasteiger partial charge on any atom is 0.220 e. The van der Waals surface area contributed by atoms with Crippen molar-refractivity contribution in [3.63, 3.8) is 0 Å². The van der Waals surface area contributed by atoms with Gasteiger partial charge in [0.05, 0.1) is 25.4 Å². The van der Waals surface area contributed by atoms with Crippen molar-refractivity contribution >= 4 is 5.91 Å². The number of nitrogens with one attached hydrogen (secondary N) is 1. The molecule has 0 aromatic heterocycles. The highest BCUT2D eigenvalue weighted by molar-refractivity contribution is 5.76. The van der Waals surface area contributed by atoms with E-state index < -0.39 is 49.5 Å². The number of carbonyl (C=O) groups is 1. The highest BCUT2D eigenvalue weighted by Crippen LogP contribution is 2.23. The fraction of sp³-hybridized carbons (Fsp3) is 0.904. The van der Waals surface area contributed by atoms with Crippen LogP contribution in [0, 0.1) is 0 Å². The van der Waals surface area contributed by atoms with Crippen LogP contribution in [0.2, 0.25) is 0 Å². The monoisotopic (exact) mass is 866 g/mol. The van der Waals surface area contributed by atoms with Crippen molar-refractivity contribution < 1.29 is 39.8 Å². The molecular formula is C52H99NO8. The van der Waals surface area contributed by atoms with Crippen LogP contribution in [0.15, 0.2) is 24.3 Å². The molecule has 0 saturated carbocycles. The summed E-state index contributed by atoms with van der Waals surface area (Å²) in [5, 5.41) is 54.1. The molecule has 0 aliphatic carbocycles. The maximum absolute atomic E-state index is 12.9. The summed E-state index contributed by atoms with van der Waals surface area (Å²) >= 11 is 0. The van der Waals surface area contributed by atoms with E-state index in [1.54, 1.807) is 6.08 Å². The van der Waals surface area contributed by atoms with Crippen molar-refractivity contribution in [2.75, 3.05) is 13.2 Å². The number of unbranched alkanes of at least 4 members (excludes halogenated alkanes) is 32. The average Bonchev–Trinajstić information content (AvgIpc) is 3.26. The van der Waals surface area contributed by atoms with Gasteiger partial charge >= 0.3 is 0 Å². The third kappa shape index (κ3) is 32.9. The lowest BCUT2D eigenvalue weighted by Crippen LogP contribution is -2.60. The van der Waals surface area contributed by atoms with Gasteiger partial charge in [0.15, 0.2) is 6.29 Å². The zero-order chi connectivity index (χ0) is 44.4. The van der Waals surface area contributed by atoms with Crippen molar-refractivity contribution in [1.82, 2.24) is 5.32 Å². The van der Waals surface area contributed by atoms with Crippen LogP contribution in [-0.4, -0.2) is 87.5 Å². The second-order valence-corrected chi connectivity index (χ2v) is 18.3. The van der Waals surface area contributed by atoms with Crippen molar-refractivity contribution in [2.24, 2.45) is 0 Å². The minimum absolute atomic E-state index is 0.190. The molecule has 0 spiro atoms. The molecule has 6 N–H and O–H groups in total. The molecular weight excluding hydrogens is 767 g/mol. The lowest BCUT2D eigenvalue weighted by Gasteiger charge is -2.40. The van der Waals surface area contributed by atoms with E-state index in [4.69, 9.17) is 9.47 Å². The van der Waals surface area contributed by atoms with Gasteiger partial charge in [-0.15, -0.1) is 0 Å². The zero-order valence-electron chi connectivity index (χ0n) is 39.7. The van der Waals surface area contributed by atoms with E-state index in [0.29, 0.717) is 6.42 Å². The number of amides is 1. The third-order valence-electron chi connectivity index (χ3n) is 12.5. The molecule has 1 aliphatic heterocycles. The number of aliphatic hydroxyl groups excluding tert-OH is 5. The van der Waals surface area contributed by atoms with Gasteiger partial charge in [0.2, 0.25) is 5.91 Å². The Morgan fingerprint density at radius 3 is 1.38 bits per heavy atom. The number of allylic oxidation sites excluding steroid dienone is 3. The van der Waals surface area contributed by atoms with Crippen LogP contribution in [0.1, 0.15) is 245 Å². The first kappa shape index (κ1) is 57.7. The molecule has 0 bridgehead atoms. The summed E-state index contributed by atoms with van der Waals surface area (Å²) in [5.74, 6) is -0.190. The van der Waals surface area contributed by atoms with E-state index in [9.17, 15) is 30.3 Å². The molecule has 1 amide bonds. The molecule has 61 heavy (non-hydrogen) atoms. The molecule has 0 aromatic rings. The molecule has 9 nitrogen and oxygen atoms in total. The normalized spacial score (nSPS) is 20.5. The van der Waals surface area contributed by atoms with Gasteiger partial charge in [-0.1, -0.05) is 231 Å². The number of rotatable bonds is 44. The number of hydrogen-bond acceptors (Lipinski definition) is 8. The van der Waals surface area contributed by atoms with E-state index in [1.165, 1.54) is 186 Å². The summed E-state index contributed by atoms with van der Waals surface area (Å²) < 4.78 is 11.2. The SMILES string of the molecule is CCCCCCCCCCCCCCCCCCCCCCCCCC/C=C/CC/C=C/C(O)C(COC1OC(CO)C(O)C(O)C1O)NC(=O)CCCCCCCCCC. The van der Waals surface area contributed by atoms with Gasteiger partial charge in [0.1, 0.15) is 24.4 Å². The summed E-state index contributed by atoms with van der Waals surface area (Å²) in [6.07, 6.45) is 45.7. The zero-order valence-corrected chi connectivity index (χ0v) is 39.7. The third-order valence-corrected chi connectivity index (χ3v) is 12.5. The van der Waals surface area contributed by atoms with Crippen molar-refractivity contribution in [1.29, 1.82) is 0 Å². The Morgan fingerprint density at radius 1 is 0.541 bits per heavy atom. The Hall–Kier alpha value is -1.33. The number of carbonyl (C=O) groups excluding carboxylic acids is 1. The highest BCUT2D eigenvalue weighted by atomic mass is 16.7. The molecule has 9 heteroatoms. The van der Waals surface area contributed by atoms with Crippen LogP contribution in [0.3, 0.4) is 0 Å². The predicted octanol–water partition coefficient (Wildman–Crippen LogP) is 11.8. The van der Waals surface area contributed by atoms with Gasteiger partial charge in [-0.2, -0.15) is 0 Å². The summed E-state index contributed by atoms with van der Waals surface area (Å²) in [6, 6.07) is -0.815. The van der Waals surface area contributed by atoms with Gasteiger partial charge < -0.3 is 40.3 Å². The van der Waals surface area contributed by atoms with Crippen molar-refractivity contribution in [3.05, 3.63) is 24.3 Å². The Kier molecular flexibility index (Phi) is 40.3. The molecule has 1 rings (SSSR count). The summed E-state index contributed by atoms with van der Waals surface area (Å²) in [7, 11) is 0. The van der Waals surface area contributed by atoms with Crippen LogP contribution in [-0.2, 0) is 14.3 Å². The number of ether oxygens (including phenoxy) is 2. The van der Waals surface area contributed by atoms with Crippen LogP contribution in [0.5, 0.6) is 0 Å². The first-order valence-corrected chi connectivity index (χ1v) is 26.1. The Morgan fingerprint density at radius 2 is 0.934 bits per heavy atom. The minimum Gasteiger partial charge on any atom is -0.394 e. The van der Waals surface area contributed by atoms with Gasteiger partial charge in [-0.25, -0.2) is 0 Å². The van der Waals surface area contributed by atoms with Crippen molar-refractivity contribution in [3.8, 4) is 0 Å². The quantitative estimate of drug-likeness (QED) is 0.0262. The molecule has 1 fully saturated rings. The summed E-state index contributed by atoms with van der Waals surface area (Å²) in [4.78, 5) is 12.9. The molecule has 0 aromatic carbocycles. The average molecular weight is 866 g/mol. The summed E-state index contributed by atoms with van der Waals surface area (Å²) in [5.41, 5.74) is 0. The molecule has 360 valence electrons. The number of hydrogen-bond donors (Lipinski definition) is 6. The van der Waals surface area contributed by atoms with E-state index in [2.05, 4.69) is 31.3 Å². The molecule has 1 aliphatic rings. The Bertz CT molecular complexity index is 1010. The molecule has 0 radical (unpaired) electrons. The first-order valence-electron chi connectivity index (χ1n) is 26.1. The van der Waals surface area contributed by atoms with Crippen LogP contribution < -0.4 is 5.32 Å².